The van der Waals surface area contributed by atoms with Crippen LogP contribution in [-0.2, 0) is 14.8 Å². The third kappa shape index (κ3) is 5.48. The van der Waals surface area contributed by atoms with Gasteiger partial charge in [0.25, 0.3) is 10.0 Å². The van der Waals surface area contributed by atoms with E-state index in [-0.39, 0.29) is 11.4 Å². The van der Waals surface area contributed by atoms with Crippen LogP contribution in [0.2, 0.25) is 0 Å². The Balaban J connectivity index is 1.92. The molecule has 3 aromatic rings. The summed E-state index contributed by atoms with van der Waals surface area (Å²) in [6.07, 6.45) is 0. The molecular formula is C25H28N2O4S. The van der Waals surface area contributed by atoms with Crippen molar-refractivity contribution < 1.29 is 17.9 Å². The molecule has 0 saturated carbocycles. The lowest BCUT2D eigenvalue weighted by atomic mass is 10.0. The number of benzene rings is 3. The number of ether oxygens (including phenoxy) is 1. The Morgan fingerprint density at radius 1 is 0.938 bits per heavy atom. The fourth-order valence-corrected chi connectivity index (χ4v) is 4.60. The number of aryl methyl sites for hydroxylation is 1. The summed E-state index contributed by atoms with van der Waals surface area (Å²) in [5, 5.41) is 2.76. The van der Waals surface area contributed by atoms with Crippen LogP contribution in [0.15, 0.2) is 77.7 Å². The van der Waals surface area contributed by atoms with Gasteiger partial charge in [0.05, 0.1) is 17.7 Å². The fourth-order valence-electron chi connectivity index (χ4n) is 3.18. The molecule has 1 N–H and O–H groups in total. The van der Waals surface area contributed by atoms with Crippen LogP contribution in [0.5, 0.6) is 5.75 Å². The number of anilines is 2. The minimum absolute atomic E-state index is 0.133. The van der Waals surface area contributed by atoms with E-state index in [0.717, 1.165) is 15.4 Å². The number of methoxy groups -OCH3 is 1. The first-order valence-electron chi connectivity index (χ1n) is 10.3. The summed E-state index contributed by atoms with van der Waals surface area (Å²) in [5.41, 5.74) is 3.02. The van der Waals surface area contributed by atoms with E-state index in [1.165, 1.54) is 0 Å². The normalized spacial score (nSPS) is 11.3. The molecule has 3 rings (SSSR count). The highest BCUT2D eigenvalue weighted by Gasteiger charge is 2.27. The number of sulfonamides is 1. The van der Waals surface area contributed by atoms with E-state index in [0.29, 0.717) is 23.0 Å². The predicted molar refractivity (Wildman–Crippen MR) is 128 cm³/mol. The molecule has 0 heterocycles. The van der Waals surface area contributed by atoms with E-state index < -0.39 is 15.9 Å². The van der Waals surface area contributed by atoms with E-state index in [1.807, 2.05) is 19.1 Å². The Morgan fingerprint density at radius 3 is 2.06 bits per heavy atom. The lowest BCUT2D eigenvalue weighted by Gasteiger charge is -2.24. The summed E-state index contributed by atoms with van der Waals surface area (Å²) < 4.78 is 33.2. The Hall–Kier alpha value is -3.32. The van der Waals surface area contributed by atoms with E-state index in [4.69, 9.17) is 4.74 Å². The molecule has 1 amide bonds. The lowest BCUT2D eigenvalue weighted by molar-refractivity contribution is -0.114. The minimum atomic E-state index is -3.95. The quantitative estimate of drug-likeness (QED) is 0.524. The number of carbonyl (C=O) groups is 1. The summed E-state index contributed by atoms with van der Waals surface area (Å²) in [5.74, 6) is 0.528. The summed E-state index contributed by atoms with van der Waals surface area (Å²) in [7, 11) is -2.39. The van der Waals surface area contributed by atoms with Crippen molar-refractivity contribution in [2.24, 2.45) is 0 Å². The molecule has 0 bridgehead atoms. The minimum Gasteiger partial charge on any atom is -0.497 e. The zero-order valence-electron chi connectivity index (χ0n) is 18.7. The van der Waals surface area contributed by atoms with Crippen molar-refractivity contribution >= 4 is 27.3 Å². The Kier molecular flexibility index (Phi) is 7.20. The number of hydrogen-bond acceptors (Lipinski definition) is 4. The monoisotopic (exact) mass is 452 g/mol. The number of amides is 1. The van der Waals surface area contributed by atoms with Crippen molar-refractivity contribution in [2.75, 3.05) is 23.3 Å². The molecule has 0 aliphatic rings. The molecule has 0 fully saturated rings. The molecule has 6 nitrogen and oxygen atoms in total. The molecule has 0 radical (unpaired) electrons. The van der Waals surface area contributed by atoms with Crippen molar-refractivity contribution in [3.63, 3.8) is 0 Å². The first-order chi connectivity index (χ1) is 15.2. The number of nitrogens with one attached hydrogen (secondary N) is 1. The van der Waals surface area contributed by atoms with Gasteiger partial charge in [0, 0.05) is 5.69 Å². The SMILES string of the molecule is COc1ccc(NC(=O)CN(c2ccc(C(C)C)cc2)S(=O)(=O)c2ccc(C)cc2)cc1. The van der Waals surface area contributed by atoms with Crippen LogP contribution in [0, 0.1) is 6.92 Å². The van der Waals surface area contributed by atoms with Crippen molar-refractivity contribution in [3.05, 3.63) is 83.9 Å². The zero-order valence-corrected chi connectivity index (χ0v) is 19.5. The molecule has 7 heteroatoms. The average molecular weight is 453 g/mol. The van der Waals surface area contributed by atoms with Gasteiger partial charge in [-0.3, -0.25) is 9.10 Å². The summed E-state index contributed by atoms with van der Waals surface area (Å²) in [6.45, 7) is 5.67. The van der Waals surface area contributed by atoms with Crippen molar-refractivity contribution in [2.45, 2.75) is 31.6 Å². The van der Waals surface area contributed by atoms with E-state index >= 15 is 0 Å². The zero-order chi connectivity index (χ0) is 23.3. The molecule has 0 aliphatic heterocycles. The molecule has 0 aromatic heterocycles. The van der Waals surface area contributed by atoms with Gasteiger partial charge in [-0.2, -0.15) is 0 Å². The first-order valence-corrected chi connectivity index (χ1v) is 11.8. The Bertz CT molecular complexity index is 1150. The molecule has 0 aliphatic carbocycles. The van der Waals surface area contributed by atoms with E-state index in [9.17, 15) is 13.2 Å². The molecule has 0 atom stereocenters. The Labute approximate surface area is 189 Å². The highest BCUT2D eigenvalue weighted by Crippen LogP contribution is 2.26. The molecule has 168 valence electrons. The number of rotatable bonds is 8. The summed E-state index contributed by atoms with van der Waals surface area (Å²) in [6, 6.07) is 20.7. The van der Waals surface area contributed by atoms with Gasteiger partial charge in [0.1, 0.15) is 12.3 Å². The first kappa shape index (κ1) is 23.3. The van der Waals surface area contributed by atoms with Gasteiger partial charge in [-0.1, -0.05) is 43.7 Å². The molecule has 0 spiro atoms. The van der Waals surface area contributed by atoms with Crippen LogP contribution in [0.3, 0.4) is 0 Å². The highest BCUT2D eigenvalue weighted by molar-refractivity contribution is 7.92. The smallest absolute Gasteiger partial charge is 0.264 e. The topological polar surface area (TPSA) is 75.7 Å². The van der Waals surface area contributed by atoms with Crippen molar-refractivity contribution in [3.8, 4) is 5.75 Å². The maximum Gasteiger partial charge on any atom is 0.264 e. The van der Waals surface area contributed by atoms with Crippen LogP contribution in [0.4, 0.5) is 11.4 Å². The number of carbonyl (C=O) groups excluding carboxylic acids is 1. The largest absolute Gasteiger partial charge is 0.497 e. The second kappa shape index (κ2) is 9.87. The Morgan fingerprint density at radius 2 is 1.53 bits per heavy atom. The van der Waals surface area contributed by atoms with Gasteiger partial charge in [0.2, 0.25) is 5.91 Å². The fraction of sp³-hybridized carbons (Fsp3) is 0.240. The number of nitrogens with zero attached hydrogens (tertiary/aromatic N) is 1. The third-order valence-corrected chi connectivity index (χ3v) is 6.91. The van der Waals surface area contributed by atoms with E-state index in [1.54, 1.807) is 67.8 Å². The van der Waals surface area contributed by atoms with Gasteiger partial charge < -0.3 is 10.1 Å². The predicted octanol–water partition coefficient (Wildman–Crippen LogP) is 4.96. The van der Waals surface area contributed by atoms with Gasteiger partial charge in [0.15, 0.2) is 0 Å². The molecule has 0 saturated heterocycles. The van der Waals surface area contributed by atoms with Crippen molar-refractivity contribution in [1.29, 1.82) is 0 Å². The second-order valence-electron chi connectivity index (χ2n) is 7.85. The van der Waals surface area contributed by atoms with Crippen LogP contribution in [-0.4, -0.2) is 28.0 Å². The van der Waals surface area contributed by atoms with Gasteiger partial charge in [-0.25, -0.2) is 8.42 Å². The standard InChI is InChI=1S/C25H28N2O4S/c1-18(2)20-7-11-22(12-8-20)27(32(29,30)24-15-5-19(3)6-16-24)17-25(28)26-21-9-13-23(31-4)14-10-21/h5-16,18H,17H2,1-4H3,(H,26,28). The molecule has 3 aromatic carbocycles. The van der Waals surface area contributed by atoms with Crippen LogP contribution in [0.1, 0.15) is 30.9 Å². The highest BCUT2D eigenvalue weighted by atomic mass is 32.2. The number of hydrogen-bond donors (Lipinski definition) is 1. The van der Waals surface area contributed by atoms with Gasteiger partial charge in [-0.05, 0) is 66.9 Å². The summed E-state index contributed by atoms with van der Waals surface area (Å²) in [4.78, 5) is 12.9. The van der Waals surface area contributed by atoms with E-state index in [2.05, 4.69) is 19.2 Å². The summed E-state index contributed by atoms with van der Waals surface area (Å²) >= 11 is 0. The molecular weight excluding hydrogens is 424 g/mol. The third-order valence-electron chi connectivity index (χ3n) is 5.12. The molecule has 0 unspecified atom stereocenters. The maximum absolute atomic E-state index is 13.5. The van der Waals surface area contributed by atoms with Crippen LogP contribution in [0.25, 0.3) is 0 Å². The van der Waals surface area contributed by atoms with Crippen molar-refractivity contribution in [1.82, 2.24) is 0 Å². The lowest BCUT2D eigenvalue weighted by Crippen LogP contribution is -2.38. The van der Waals surface area contributed by atoms with Crippen LogP contribution < -0.4 is 14.4 Å². The van der Waals surface area contributed by atoms with Crippen LogP contribution >= 0.6 is 0 Å². The van der Waals surface area contributed by atoms with Gasteiger partial charge >= 0.3 is 0 Å². The average Bonchev–Trinajstić information content (AvgIpc) is 2.78. The van der Waals surface area contributed by atoms with Gasteiger partial charge in [-0.15, -0.1) is 0 Å². The second-order valence-corrected chi connectivity index (χ2v) is 9.71. The molecule has 32 heavy (non-hydrogen) atoms. The maximum atomic E-state index is 13.5.